The smallest absolute Gasteiger partial charge is 0.294 e. The molecular formula is C26H20N2O4S2. The van der Waals surface area contributed by atoms with Gasteiger partial charge in [-0.25, -0.2) is 4.98 Å². The van der Waals surface area contributed by atoms with Crippen molar-refractivity contribution in [1.82, 2.24) is 4.98 Å². The summed E-state index contributed by atoms with van der Waals surface area (Å²) in [4.78, 5) is 34.0. The normalized spacial score (nSPS) is 15.9. The van der Waals surface area contributed by atoms with E-state index in [1.165, 1.54) is 33.6 Å². The van der Waals surface area contributed by atoms with E-state index in [2.05, 4.69) is 4.98 Å². The van der Waals surface area contributed by atoms with Crippen LogP contribution in [0.2, 0.25) is 0 Å². The first-order valence-electron chi connectivity index (χ1n) is 10.5. The van der Waals surface area contributed by atoms with Crippen molar-refractivity contribution in [1.29, 1.82) is 0 Å². The SMILES string of the molecule is Cc1ccc(O)c(N2C(=O)C(O)=C(C(=O)c3sc(-c4ccccc4)nc3C)C2c2cccs2)c1. The second-order valence-corrected chi connectivity index (χ2v) is 9.95. The molecule has 5 rings (SSSR count). The standard InChI is InChI=1S/C26H20N2O4S2/c1-14-10-11-18(29)17(13-14)28-21(19-9-6-12-33-19)20(23(31)26(28)32)22(30)24-15(2)27-25(34-24)16-7-4-3-5-8-16/h3-13,21,29,31H,1-2H3. The summed E-state index contributed by atoms with van der Waals surface area (Å²) < 4.78 is 0. The molecule has 1 aliphatic rings. The second kappa shape index (κ2) is 8.55. The van der Waals surface area contributed by atoms with Gasteiger partial charge in [-0.2, -0.15) is 0 Å². The molecular weight excluding hydrogens is 468 g/mol. The fourth-order valence-electron chi connectivity index (χ4n) is 4.06. The van der Waals surface area contributed by atoms with Crippen LogP contribution in [0.5, 0.6) is 5.75 Å². The van der Waals surface area contributed by atoms with E-state index in [1.807, 2.05) is 54.8 Å². The Labute approximate surface area is 204 Å². The van der Waals surface area contributed by atoms with Crippen molar-refractivity contribution in [3.8, 4) is 16.3 Å². The van der Waals surface area contributed by atoms with Crippen molar-refractivity contribution in [3.05, 3.63) is 98.4 Å². The van der Waals surface area contributed by atoms with E-state index in [1.54, 1.807) is 19.1 Å². The third-order valence-corrected chi connectivity index (χ3v) is 7.81. The van der Waals surface area contributed by atoms with Crippen molar-refractivity contribution in [2.45, 2.75) is 19.9 Å². The number of amides is 1. The number of phenols is 1. The highest BCUT2D eigenvalue weighted by Gasteiger charge is 2.46. The van der Waals surface area contributed by atoms with Crippen LogP contribution in [0.15, 0.2) is 77.4 Å². The molecule has 2 N–H and O–H groups in total. The highest BCUT2D eigenvalue weighted by molar-refractivity contribution is 7.17. The number of thiophene rings is 1. The largest absolute Gasteiger partial charge is 0.506 e. The van der Waals surface area contributed by atoms with Gasteiger partial charge in [-0.3, -0.25) is 14.5 Å². The number of aryl methyl sites for hydroxylation is 2. The van der Waals surface area contributed by atoms with Crippen molar-refractivity contribution in [2.75, 3.05) is 4.90 Å². The Bertz CT molecular complexity index is 1440. The number of aromatic hydroxyl groups is 1. The molecule has 0 fully saturated rings. The lowest BCUT2D eigenvalue weighted by Gasteiger charge is -2.26. The fraction of sp³-hybridized carbons (Fsp3) is 0.115. The van der Waals surface area contributed by atoms with Gasteiger partial charge in [-0.15, -0.1) is 22.7 Å². The number of carbonyl (C=O) groups excluding carboxylic acids is 2. The zero-order valence-electron chi connectivity index (χ0n) is 18.4. The lowest BCUT2D eigenvalue weighted by Crippen LogP contribution is -2.30. The molecule has 0 aliphatic carbocycles. The maximum absolute atomic E-state index is 13.8. The predicted octanol–water partition coefficient (Wildman–Crippen LogP) is 5.98. The van der Waals surface area contributed by atoms with E-state index in [4.69, 9.17) is 0 Å². The number of phenolic OH excluding ortho intramolecular Hbond substituents is 1. The predicted molar refractivity (Wildman–Crippen MR) is 134 cm³/mol. The lowest BCUT2D eigenvalue weighted by atomic mass is 10.00. The average molecular weight is 489 g/mol. The average Bonchev–Trinajstić information content (AvgIpc) is 3.55. The van der Waals surface area contributed by atoms with Gasteiger partial charge < -0.3 is 10.2 Å². The van der Waals surface area contributed by atoms with Crippen LogP contribution in [0.1, 0.15) is 31.8 Å². The molecule has 0 saturated carbocycles. The molecule has 0 spiro atoms. The monoisotopic (exact) mass is 488 g/mol. The van der Waals surface area contributed by atoms with Gasteiger partial charge in [0, 0.05) is 10.4 Å². The van der Waals surface area contributed by atoms with Gasteiger partial charge in [0.1, 0.15) is 16.8 Å². The number of thiazole rings is 1. The minimum atomic E-state index is -0.866. The van der Waals surface area contributed by atoms with E-state index < -0.39 is 23.5 Å². The topological polar surface area (TPSA) is 90.7 Å². The Morgan fingerprint density at radius 1 is 1.03 bits per heavy atom. The molecule has 2 aromatic carbocycles. The van der Waals surface area contributed by atoms with Crippen LogP contribution in [0.25, 0.3) is 10.6 Å². The van der Waals surface area contributed by atoms with E-state index in [-0.39, 0.29) is 17.0 Å². The van der Waals surface area contributed by atoms with Crippen LogP contribution in [0.3, 0.4) is 0 Å². The van der Waals surface area contributed by atoms with Gasteiger partial charge >= 0.3 is 0 Å². The van der Waals surface area contributed by atoms with Crippen LogP contribution >= 0.6 is 22.7 Å². The number of hydrogen-bond acceptors (Lipinski definition) is 7. The van der Waals surface area contributed by atoms with Crippen LogP contribution in [-0.2, 0) is 4.79 Å². The molecule has 0 radical (unpaired) electrons. The van der Waals surface area contributed by atoms with E-state index >= 15 is 0 Å². The number of aliphatic hydroxyl groups is 1. The zero-order valence-corrected chi connectivity index (χ0v) is 20.0. The Hall–Kier alpha value is -3.75. The summed E-state index contributed by atoms with van der Waals surface area (Å²) in [5.41, 5.74) is 2.47. The molecule has 1 unspecified atom stereocenters. The molecule has 8 heteroatoms. The molecule has 170 valence electrons. The molecule has 2 aromatic heterocycles. The molecule has 1 amide bonds. The summed E-state index contributed by atoms with van der Waals surface area (Å²) in [6, 6.07) is 17.2. The van der Waals surface area contributed by atoms with Gasteiger partial charge in [-0.1, -0.05) is 42.5 Å². The minimum Gasteiger partial charge on any atom is -0.506 e. The first-order valence-corrected chi connectivity index (χ1v) is 12.2. The highest BCUT2D eigenvalue weighted by atomic mass is 32.1. The fourth-order valence-corrected chi connectivity index (χ4v) is 5.91. The third-order valence-electron chi connectivity index (χ3n) is 5.68. The van der Waals surface area contributed by atoms with Crippen molar-refractivity contribution < 1.29 is 19.8 Å². The number of anilines is 1. The second-order valence-electron chi connectivity index (χ2n) is 7.98. The molecule has 4 aromatic rings. The van der Waals surface area contributed by atoms with Gasteiger partial charge in [0.05, 0.1) is 21.8 Å². The van der Waals surface area contributed by atoms with Crippen LogP contribution in [0.4, 0.5) is 5.69 Å². The number of ketones is 1. The quantitative estimate of drug-likeness (QED) is 0.338. The summed E-state index contributed by atoms with van der Waals surface area (Å²) in [5, 5.41) is 24.0. The molecule has 0 saturated heterocycles. The number of carbonyl (C=O) groups is 2. The summed E-state index contributed by atoms with van der Waals surface area (Å²) in [7, 11) is 0. The van der Waals surface area contributed by atoms with Gasteiger partial charge in [-0.05, 0) is 43.0 Å². The third kappa shape index (κ3) is 3.61. The van der Waals surface area contributed by atoms with E-state index in [0.717, 1.165) is 11.1 Å². The minimum absolute atomic E-state index is 0.0142. The molecule has 1 aliphatic heterocycles. The first-order chi connectivity index (χ1) is 16.4. The van der Waals surface area contributed by atoms with E-state index in [0.29, 0.717) is 20.5 Å². The number of rotatable bonds is 5. The molecule has 1 atom stereocenters. The number of nitrogens with zero attached hydrogens (tertiary/aromatic N) is 2. The first kappa shape index (κ1) is 22.1. The van der Waals surface area contributed by atoms with Crippen LogP contribution in [-0.4, -0.2) is 26.9 Å². The Morgan fingerprint density at radius 3 is 2.50 bits per heavy atom. The van der Waals surface area contributed by atoms with Gasteiger partial charge in [0.15, 0.2) is 5.76 Å². The van der Waals surface area contributed by atoms with Crippen LogP contribution < -0.4 is 4.90 Å². The molecule has 0 bridgehead atoms. The lowest BCUT2D eigenvalue weighted by molar-refractivity contribution is -0.117. The Kier molecular flexibility index (Phi) is 5.55. The van der Waals surface area contributed by atoms with Crippen molar-refractivity contribution in [3.63, 3.8) is 0 Å². The molecule has 6 nitrogen and oxygen atoms in total. The summed E-state index contributed by atoms with van der Waals surface area (Å²) >= 11 is 2.60. The number of hydrogen-bond donors (Lipinski definition) is 2. The molecule has 3 heterocycles. The summed E-state index contributed by atoms with van der Waals surface area (Å²) in [5.74, 6) is -1.90. The number of Topliss-reactive ketones (excluding diaryl/α,β-unsaturated/α-hetero) is 1. The number of benzene rings is 2. The summed E-state index contributed by atoms with van der Waals surface area (Å²) in [6.07, 6.45) is 0. The maximum Gasteiger partial charge on any atom is 0.294 e. The maximum atomic E-state index is 13.8. The Morgan fingerprint density at radius 2 is 1.79 bits per heavy atom. The number of aliphatic hydroxyl groups excluding tert-OH is 1. The van der Waals surface area contributed by atoms with Gasteiger partial charge in [0.2, 0.25) is 5.78 Å². The van der Waals surface area contributed by atoms with Crippen LogP contribution in [0, 0.1) is 13.8 Å². The molecule has 34 heavy (non-hydrogen) atoms. The van der Waals surface area contributed by atoms with E-state index in [9.17, 15) is 19.8 Å². The van der Waals surface area contributed by atoms with Crippen molar-refractivity contribution >= 4 is 40.1 Å². The van der Waals surface area contributed by atoms with Gasteiger partial charge in [0.25, 0.3) is 5.91 Å². The van der Waals surface area contributed by atoms with Crippen molar-refractivity contribution in [2.24, 2.45) is 0 Å². The Balaban J connectivity index is 1.63. The number of aromatic nitrogens is 1. The zero-order chi connectivity index (χ0) is 24.0. The highest BCUT2D eigenvalue weighted by Crippen LogP contribution is 2.46. The summed E-state index contributed by atoms with van der Waals surface area (Å²) in [6.45, 7) is 3.59.